The summed E-state index contributed by atoms with van der Waals surface area (Å²) in [5, 5.41) is 12.7. The number of aliphatic hydroxyl groups is 1. The number of aromatic nitrogens is 1. The van der Waals surface area contributed by atoms with E-state index in [1.807, 2.05) is 32.0 Å². The number of hydrogen-bond acceptors (Lipinski definition) is 4. The lowest BCUT2D eigenvalue weighted by atomic mass is 10.2. The van der Waals surface area contributed by atoms with Gasteiger partial charge in [-0.3, -0.25) is 0 Å². The first kappa shape index (κ1) is 13.1. The van der Waals surface area contributed by atoms with Gasteiger partial charge in [-0.25, -0.2) is 4.98 Å². The van der Waals surface area contributed by atoms with E-state index < -0.39 is 0 Å². The van der Waals surface area contributed by atoms with Gasteiger partial charge in [-0.1, -0.05) is 18.2 Å². The molecule has 0 saturated carbocycles. The second-order valence-electron chi connectivity index (χ2n) is 4.45. The Morgan fingerprint density at radius 1 is 1.33 bits per heavy atom. The van der Waals surface area contributed by atoms with Gasteiger partial charge < -0.3 is 10.0 Å². The summed E-state index contributed by atoms with van der Waals surface area (Å²) < 4.78 is 0. The summed E-state index contributed by atoms with van der Waals surface area (Å²) in [4.78, 5) is 6.63. The molecule has 0 aliphatic rings. The number of rotatable bonds is 5. The Balaban J connectivity index is 2.15. The van der Waals surface area contributed by atoms with Crippen molar-refractivity contribution in [3.05, 3.63) is 46.4 Å². The van der Waals surface area contributed by atoms with Gasteiger partial charge in [0.2, 0.25) is 0 Å². The van der Waals surface area contributed by atoms with Crippen molar-refractivity contribution in [2.45, 2.75) is 26.5 Å². The Kier molecular flexibility index (Phi) is 4.33. The Bertz CT molecular complexity index is 482. The number of aliphatic hydroxyl groups excluding tert-OH is 1. The second kappa shape index (κ2) is 5.98. The summed E-state index contributed by atoms with van der Waals surface area (Å²) in [5.74, 6) is 0. The van der Waals surface area contributed by atoms with Crippen LogP contribution in [0.15, 0.2) is 35.7 Å². The fraction of sp³-hybridized carbons (Fsp3) is 0.357. The third kappa shape index (κ3) is 3.55. The van der Waals surface area contributed by atoms with Gasteiger partial charge in [0.05, 0.1) is 12.6 Å². The first-order valence-electron chi connectivity index (χ1n) is 6.04. The summed E-state index contributed by atoms with van der Waals surface area (Å²) in [6.45, 7) is 5.17. The van der Waals surface area contributed by atoms with Gasteiger partial charge in [0.15, 0.2) is 0 Å². The molecule has 2 rings (SSSR count). The summed E-state index contributed by atoms with van der Waals surface area (Å²) in [7, 11) is 0. The van der Waals surface area contributed by atoms with Crippen molar-refractivity contribution >= 4 is 17.0 Å². The van der Waals surface area contributed by atoms with Crippen molar-refractivity contribution in [1.29, 1.82) is 0 Å². The maximum Gasteiger partial charge on any atom is 0.112 e. The second-order valence-corrected chi connectivity index (χ2v) is 5.39. The number of anilines is 1. The molecule has 1 heterocycles. The number of nitrogens with zero attached hydrogens (tertiary/aromatic N) is 2. The molecule has 0 bridgehead atoms. The van der Waals surface area contributed by atoms with Gasteiger partial charge in [-0.05, 0) is 26.0 Å². The lowest BCUT2D eigenvalue weighted by Crippen LogP contribution is -2.30. The highest BCUT2D eigenvalue weighted by molar-refractivity contribution is 7.09. The van der Waals surface area contributed by atoms with E-state index in [0.717, 1.165) is 22.9 Å². The van der Waals surface area contributed by atoms with Crippen LogP contribution in [0, 0.1) is 6.92 Å². The van der Waals surface area contributed by atoms with Gasteiger partial charge in [0.25, 0.3) is 0 Å². The summed E-state index contributed by atoms with van der Waals surface area (Å²) in [5.41, 5.74) is 2.17. The molecule has 0 saturated heterocycles. The molecular weight excluding hydrogens is 244 g/mol. The SMILES string of the molecule is Cc1csc(CN(C[C@@H](C)O)c2ccccc2)n1. The topological polar surface area (TPSA) is 36.4 Å². The van der Waals surface area contributed by atoms with Gasteiger partial charge in [-0.15, -0.1) is 11.3 Å². The summed E-state index contributed by atoms with van der Waals surface area (Å²) in [6.07, 6.45) is -0.355. The zero-order chi connectivity index (χ0) is 13.0. The molecule has 4 heteroatoms. The van der Waals surface area contributed by atoms with E-state index in [1.165, 1.54) is 0 Å². The number of aryl methyl sites for hydroxylation is 1. The number of para-hydroxylation sites is 1. The highest BCUT2D eigenvalue weighted by atomic mass is 32.1. The molecule has 96 valence electrons. The van der Waals surface area contributed by atoms with E-state index in [-0.39, 0.29) is 6.10 Å². The van der Waals surface area contributed by atoms with Gasteiger partial charge in [-0.2, -0.15) is 0 Å². The van der Waals surface area contributed by atoms with Crippen LogP contribution >= 0.6 is 11.3 Å². The van der Waals surface area contributed by atoms with Crippen molar-refractivity contribution < 1.29 is 5.11 Å². The van der Waals surface area contributed by atoms with Crippen molar-refractivity contribution in [3.8, 4) is 0 Å². The first-order chi connectivity index (χ1) is 8.65. The molecule has 18 heavy (non-hydrogen) atoms. The number of hydrogen-bond donors (Lipinski definition) is 1. The largest absolute Gasteiger partial charge is 0.392 e. The summed E-state index contributed by atoms with van der Waals surface area (Å²) in [6, 6.07) is 10.1. The summed E-state index contributed by atoms with van der Waals surface area (Å²) >= 11 is 1.67. The van der Waals surface area contributed by atoms with Crippen LogP contribution in [0.1, 0.15) is 17.6 Å². The van der Waals surface area contributed by atoms with Crippen molar-refractivity contribution in [1.82, 2.24) is 4.98 Å². The molecule has 0 spiro atoms. The van der Waals surface area contributed by atoms with E-state index >= 15 is 0 Å². The van der Waals surface area contributed by atoms with Crippen LogP contribution in [0.25, 0.3) is 0 Å². The van der Waals surface area contributed by atoms with E-state index in [9.17, 15) is 5.11 Å². The average Bonchev–Trinajstić information content (AvgIpc) is 2.75. The third-order valence-electron chi connectivity index (χ3n) is 2.60. The molecular formula is C14H18N2OS. The third-order valence-corrected chi connectivity index (χ3v) is 3.55. The highest BCUT2D eigenvalue weighted by Crippen LogP contribution is 2.19. The van der Waals surface area contributed by atoms with Crippen LogP contribution in [0.4, 0.5) is 5.69 Å². The molecule has 0 aliphatic heterocycles. The van der Waals surface area contributed by atoms with Crippen LogP contribution in [-0.4, -0.2) is 22.7 Å². The molecule has 0 fully saturated rings. The van der Waals surface area contributed by atoms with Crippen molar-refractivity contribution in [2.75, 3.05) is 11.4 Å². The molecule has 1 aromatic heterocycles. The lowest BCUT2D eigenvalue weighted by Gasteiger charge is -2.25. The quantitative estimate of drug-likeness (QED) is 0.900. The Hall–Kier alpha value is -1.39. The lowest BCUT2D eigenvalue weighted by molar-refractivity contribution is 0.199. The zero-order valence-electron chi connectivity index (χ0n) is 10.7. The average molecular weight is 262 g/mol. The van der Waals surface area contributed by atoms with Crippen LogP contribution < -0.4 is 4.90 Å². The van der Waals surface area contributed by atoms with Gasteiger partial charge >= 0.3 is 0 Å². The predicted octanol–water partition coefficient (Wildman–Crippen LogP) is 2.84. The minimum Gasteiger partial charge on any atom is -0.392 e. The minimum atomic E-state index is -0.355. The fourth-order valence-electron chi connectivity index (χ4n) is 1.86. The van der Waals surface area contributed by atoms with Crippen LogP contribution in [0.5, 0.6) is 0 Å². The Morgan fingerprint density at radius 3 is 2.61 bits per heavy atom. The number of benzene rings is 1. The molecule has 0 aliphatic carbocycles. The van der Waals surface area contributed by atoms with E-state index in [4.69, 9.17) is 0 Å². The zero-order valence-corrected chi connectivity index (χ0v) is 11.5. The molecule has 3 nitrogen and oxygen atoms in total. The molecule has 1 aromatic carbocycles. The Morgan fingerprint density at radius 2 is 2.06 bits per heavy atom. The smallest absolute Gasteiger partial charge is 0.112 e. The highest BCUT2D eigenvalue weighted by Gasteiger charge is 2.11. The van der Waals surface area contributed by atoms with Crippen LogP contribution in [-0.2, 0) is 6.54 Å². The maximum atomic E-state index is 9.61. The van der Waals surface area contributed by atoms with Crippen molar-refractivity contribution in [3.63, 3.8) is 0 Å². The van der Waals surface area contributed by atoms with E-state index in [1.54, 1.807) is 11.3 Å². The Labute approximate surface area is 112 Å². The van der Waals surface area contributed by atoms with E-state index in [2.05, 4.69) is 27.4 Å². The van der Waals surface area contributed by atoms with Crippen LogP contribution in [0.3, 0.4) is 0 Å². The normalized spacial score (nSPS) is 12.4. The minimum absolute atomic E-state index is 0.355. The number of thiazole rings is 1. The van der Waals surface area contributed by atoms with Gasteiger partial charge in [0, 0.05) is 23.3 Å². The maximum absolute atomic E-state index is 9.61. The molecule has 1 N–H and O–H groups in total. The van der Waals surface area contributed by atoms with Crippen LogP contribution in [0.2, 0.25) is 0 Å². The predicted molar refractivity (Wildman–Crippen MR) is 76.0 cm³/mol. The standard InChI is InChI=1S/C14H18N2OS/c1-11-10-18-14(15-11)9-16(8-12(2)17)13-6-4-3-5-7-13/h3-7,10,12,17H,8-9H2,1-2H3/t12-/m1/s1. The molecule has 0 amide bonds. The van der Waals surface area contributed by atoms with Gasteiger partial charge in [0.1, 0.15) is 5.01 Å². The fourth-order valence-corrected chi connectivity index (χ4v) is 2.64. The first-order valence-corrected chi connectivity index (χ1v) is 6.92. The van der Waals surface area contributed by atoms with Crippen molar-refractivity contribution in [2.24, 2.45) is 0 Å². The molecule has 1 atom stereocenters. The molecule has 0 unspecified atom stereocenters. The molecule has 2 aromatic rings. The van der Waals surface area contributed by atoms with E-state index in [0.29, 0.717) is 6.54 Å². The monoisotopic (exact) mass is 262 g/mol. The molecule has 0 radical (unpaired) electrons.